The Balaban J connectivity index is 0.00000205. The molecule has 5 nitrogen and oxygen atoms in total. The number of hydrogen-bond donors (Lipinski definition) is 0. The van der Waals surface area contributed by atoms with Gasteiger partial charge in [-0.2, -0.15) is 5.10 Å². The van der Waals surface area contributed by atoms with Crippen molar-refractivity contribution >= 4 is 11.1 Å². The molecule has 0 saturated carbocycles. The number of oxazole rings is 1. The van der Waals surface area contributed by atoms with Crippen molar-refractivity contribution in [3.05, 3.63) is 84.2 Å². The summed E-state index contributed by atoms with van der Waals surface area (Å²) < 4.78 is 7.99. The minimum Gasteiger partial charge on any atom is -0.457 e. The zero-order chi connectivity index (χ0) is 19.1. The van der Waals surface area contributed by atoms with Crippen molar-refractivity contribution in [2.45, 2.75) is 13.8 Å². The van der Waals surface area contributed by atoms with Gasteiger partial charge in [-0.3, -0.25) is 4.98 Å². The second kappa shape index (κ2) is 7.74. The molecule has 145 valence electrons. The number of nitrogens with zero attached hydrogens (tertiary/aromatic N) is 4. The summed E-state index contributed by atoms with van der Waals surface area (Å²) >= 11 is 0. The van der Waals surface area contributed by atoms with E-state index in [9.17, 15) is 0 Å². The molecule has 3 aromatic carbocycles. The Labute approximate surface area is 181 Å². The zero-order valence-corrected chi connectivity index (χ0v) is 18.3. The van der Waals surface area contributed by atoms with Gasteiger partial charge in [0.2, 0.25) is 5.89 Å². The van der Waals surface area contributed by atoms with Crippen LogP contribution in [-0.4, -0.2) is 19.7 Å². The molecule has 0 amide bonds. The van der Waals surface area contributed by atoms with E-state index < -0.39 is 0 Å². The zero-order valence-electron chi connectivity index (χ0n) is 15.9. The Morgan fingerprint density at radius 3 is 2.45 bits per heavy atom. The average Bonchev–Trinajstić information content (AvgIpc) is 3.35. The van der Waals surface area contributed by atoms with Crippen molar-refractivity contribution in [3.63, 3.8) is 0 Å². The van der Waals surface area contributed by atoms with E-state index in [4.69, 9.17) is 9.40 Å². The molecule has 0 aliphatic carbocycles. The number of benzene rings is 3. The fourth-order valence-corrected chi connectivity index (χ4v) is 3.52. The Bertz CT molecular complexity index is 1270. The molecule has 0 spiro atoms. The maximum Gasteiger partial charge on any atom is 0.215 e. The third kappa shape index (κ3) is 3.31. The SMILES string of the molecule is Cc1cccc(C)c1-n1cnnc1-c1[c-]ccc2oc(-c3ccccc3)nc12.[Ir]. The van der Waals surface area contributed by atoms with Crippen LogP contribution in [0.4, 0.5) is 0 Å². The number of rotatable bonds is 3. The van der Waals surface area contributed by atoms with Crippen LogP contribution in [0.5, 0.6) is 0 Å². The van der Waals surface area contributed by atoms with Crippen LogP contribution in [0.15, 0.2) is 71.4 Å². The minimum absolute atomic E-state index is 0. The van der Waals surface area contributed by atoms with E-state index >= 15 is 0 Å². The van der Waals surface area contributed by atoms with Gasteiger partial charge in [-0.05, 0) is 37.1 Å². The molecule has 6 heteroatoms. The van der Waals surface area contributed by atoms with Crippen LogP contribution >= 0.6 is 0 Å². The van der Waals surface area contributed by atoms with Crippen molar-refractivity contribution < 1.29 is 24.5 Å². The van der Waals surface area contributed by atoms with Crippen molar-refractivity contribution in [1.29, 1.82) is 0 Å². The second-order valence-corrected chi connectivity index (χ2v) is 6.72. The molecule has 2 heterocycles. The van der Waals surface area contributed by atoms with Crippen molar-refractivity contribution in [1.82, 2.24) is 19.7 Å². The molecule has 0 aliphatic rings. The normalized spacial score (nSPS) is 10.8. The van der Waals surface area contributed by atoms with E-state index in [1.807, 2.05) is 47.0 Å². The quantitative estimate of drug-likeness (QED) is 0.288. The van der Waals surface area contributed by atoms with E-state index in [1.165, 1.54) is 0 Å². The van der Waals surface area contributed by atoms with Crippen LogP contribution in [-0.2, 0) is 20.1 Å². The van der Waals surface area contributed by atoms with Gasteiger partial charge < -0.3 is 8.98 Å². The number of hydrogen-bond acceptors (Lipinski definition) is 4. The largest absolute Gasteiger partial charge is 0.457 e. The van der Waals surface area contributed by atoms with Gasteiger partial charge in [0.25, 0.3) is 0 Å². The van der Waals surface area contributed by atoms with Crippen LogP contribution < -0.4 is 0 Å². The van der Waals surface area contributed by atoms with Crippen molar-refractivity contribution in [2.24, 2.45) is 0 Å². The van der Waals surface area contributed by atoms with E-state index in [1.54, 1.807) is 6.33 Å². The summed E-state index contributed by atoms with van der Waals surface area (Å²) in [5, 5.41) is 8.54. The van der Waals surface area contributed by atoms with Gasteiger partial charge in [-0.1, -0.05) is 48.0 Å². The van der Waals surface area contributed by atoms with Crippen LogP contribution in [0.2, 0.25) is 0 Å². The molecule has 0 unspecified atom stereocenters. The number of para-hydroxylation sites is 1. The molecule has 0 aliphatic heterocycles. The second-order valence-electron chi connectivity index (χ2n) is 6.72. The third-order valence-electron chi connectivity index (χ3n) is 4.83. The molecule has 5 rings (SSSR count). The van der Waals surface area contributed by atoms with Gasteiger partial charge in [0.15, 0.2) is 0 Å². The molecule has 5 aromatic rings. The maximum absolute atomic E-state index is 6.00. The van der Waals surface area contributed by atoms with Crippen molar-refractivity contribution in [3.8, 4) is 28.5 Å². The van der Waals surface area contributed by atoms with E-state index in [-0.39, 0.29) is 20.1 Å². The van der Waals surface area contributed by atoms with Crippen LogP contribution in [0, 0.1) is 19.9 Å². The van der Waals surface area contributed by atoms with Crippen LogP contribution in [0.25, 0.3) is 39.6 Å². The summed E-state index contributed by atoms with van der Waals surface area (Å²) in [7, 11) is 0. The first-order chi connectivity index (χ1) is 13.7. The average molecular weight is 558 g/mol. The molecule has 0 N–H and O–H groups in total. The summed E-state index contributed by atoms with van der Waals surface area (Å²) in [6.45, 7) is 4.17. The Hall–Kier alpha value is -3.08. The van der Waals surface area contributed by atoms with Gasteiger partial charge in [-0.25, -0.2) is 0 Å². The third-order valence-corrected chi connectivity index (χ3v) is 4.83. The molecule has 0 atom stereocenters. The van der Waals surface area contributed by atoms with Gasteiger partial charge in [0, 0.05) is 36.9 Å². The monoisotopic (exact) mass is 558 g/mol. The fraction of sp³-hybridized carbons (Fsp3) is 0.0870. The smallest absolute Gasteiger partial charge is 0.215 e. The first-order valence-corrected chi connectivity index (χ1v) is 9.06. The molecule has 0 fully saturated rings. The molecular weight excluding hydrogens is 540 g/mol. The molecular formula is C23H17IrN4O-. The summed E-state index contributed by atoms with van der Waals surface area (Å²) in [6, 6.07) is 23.1. The van der Waals surface area contributed by atoms with Gasteiger partial charge >= 0.3 is 0 Å². The molecule has 29 heavy (non-hydrogen) atoms. The number of aromatic nitrogens is 4. The standard InChI is InChI=1S/C23H17N4O.Ir/c1-15-8-6-9-16(2)21(15)27-14-24-26-22(27)18-12-7-13-19-20(18)25-23(28-19)17-10-4-3-5-11-17;/h3-11,13-14H,1-2H3;/q-1;. The Morgan fingerprint density at radius 1 is 0.931 bits per heavy atom. The predicted molar refractivity (Wildman–Crippen MR) is 108 cm³/mol. The molecule has 1 radical (unpaired) electrons. The maximum atomic E-state index is 6.00. The van der Waals surface area contributed by atoms with Crippen LogP contribution in [0.1, 0.15) is 11.1 Å². The first-order valence-electron chi connectivity index (χ1n) is 9.06. The molecule has 0 saturated heterocycles. The summed E-state index contributed by atoms with van der Waals surface area (Å²) in [5.41, 5.74) is 6.49. The first kappa shape index (κ1) is 19.2. The summed E-state index contributed by atoms with van der Waals surface area (Å²) in [4.78, 5) is 4.74. The van der Waals surface area contributed by atoms with Crippen LogP contribution in [0.3, 0.4) is 0 Å². The van der Waals surface area contributed by atoms with Gasteiger partial charge in [0.1, 0.15) is 6.33 Å². The number of aryl methyl sites for hydroxylation is 2. The minimum atomic E-state index is 0. The summed E-state index contributed by atoms with van der Waals surface area (Å²) in [5.74, 6) is 1.27. The fourth-order valence-electron chi connectivity index (χ4n) is 3.52. The predicted octanol–water partition coefficient (Wildman–Crippen LogP) is 5.16. The molecule has 2 aromatic heterocycles. The molecule has 0 bridgehead atoms. The van der Waals surface area contributed by atoms with E-state index in [2.05, 4.69) is 48.3 Å². The van der Waals surface area contributed by atoms with E-state index in [0.717, 1.165) is 33.5 Å². The Morgan fingerprint density at radius 2 is 1.69 bits per heavy atom. The number of fused-ring (bicyclic) bond motifs is 1. The van der Waals surface area contributed by atoms with Crippen molar-refractivity contribution in [2.75, 3.05) is 0 Å². The van der Waals surface area contributed by atoms with E-state index in [0.29, 0.717) is 17.3 Å². The summed E-state index contributed by atoms with van der Waals surface area (Å²) in [6.07, 6.45) is 1.73. The van der Waals surface area contributed by atoms with Gasteiger partial charge in [-0.15, -0.1) is 17.2 Å². The topological polar surface area (TPSA) is 56.7 Å². The van der Waals surface area contributed by atoms with Gasteiger partial charge in [0.05, 0.1) is 11.4 Å². The Kier molecular flexibility index (Phi) is 5.14.